The molecule has 0 aromatic heterocycles. The molecule has 19 heavy (non-hydrogen) atoms. The summed E-state index contributed by atoms with van der Waals surface area (Å²) in [7, 11) is -3.39. The van der Waals surface area contributed by atoms with Crippen LogP contribution in [0.2, 0.25) is 0 Å². The van der Waals surface area contributed by atoms with Crippen molar-refractivity contribution in [3.63, 3.8) is 0 Å². The van der Waals surface area contributed by atoms with Crippen LogP contribution in [0.15, 0.2) is 18.2 Å². The van der Waals surface area contributed by atoms with E-state index in [0.29, 0.717) is 17.1 Å². The first-order valence-corrected chi connectivity index (χ1v) is 7.66. The molecule has 1 aromatic rings. The van der Waals surface area contributed by atoms with Gasteiger partial charge in [-0.3, -0.25) is 4.79 Å². The number of carboxylic acids is 1. The Morgan fingerprint density at radius 1 is 1.32 bits per heavy atom. The highest BCUT2D eigenvalue weighted by Crippen LogP contribution is 2.53. The molecule has 1 heterocycles. The van der Waals surface area contributed by atoms with Crippen molar-refractivity contribution in [1.82, 2.24) is 0 Å². The molecule has 1 aliphatic carbocycles. The molecular weight excluding hydrogens is 272 g/mol. The first kappa shape index (κ1) is 12.3. The van der Waals surface area contributed by atoms with Gasteiger partial charge >= 0.3 is 5.97 Å². The summed E-state index contributed by atoms with van der Waals surface area (Å²) in [6.45, 7) is 0.126. The largest absolute Gasteiger partial charge is 0.481 e. The van der Waals surface area contributed by atoms with Crippen molar-refractivity contribution in [1.29, 1.82) is 0 Å². The molecule has 0 radical (unpaired) electrons. The van der Waals surface area contributed by atoms with Crippen LogP contribution in [-0.2, 0) is 14.6 Å². The molecule has 6 nitrogen and oxygen atoms in total. The number of hydrogen-bond donors (Lipinski definition) is 1. The number of hydrogen-bond acceptors (Lipinski definition) is 5. The highest BCUT2D eigenvalue weighted by Gasteiger charge is 2.61. The average molecular weight is 284 g/mol. The Balaban J connectivity index is 1.96. The number of sulfone groups is 1. The summed E-state index contributed by atoms with van der Waals surface area (Å²) < 4.78 is 33.6. The number of carbonyl (C=O) groups is 1. The normalized spacial score (nSPS) is 28.2. The molecule has 3 atom stereocenters. The summed E-state index contributed by atoms with van der Waals surface area (Å²) in [6, 6.07) is 5.03. The monoisotopic (exact) mass is 284 g/mol. The van der Waals surface area contributed by atoms with Gasteiger partial charge in [-0.2, -0.15) is 0 Å². The van der Waals surface area contributed by atoms with Crippen LogP contribution >= 0.6 is 0 Å². The molecular formula is C12H12O6S. The third-order valence-electron chi connectivity index (χ3n) is 3.51. The first-order valence-electron chi connectivity index (χ1n) is 5.71. The first-order chi connectivity index (χ1) is 8.89. The van der Waals surface area contributed by atoms with Crippen molar-refractivity contribution >= 4 is 15.8 Å². The molecule has 0 saturated heterocycles. The maximum atomic E-state index is 11.6. The number of benzene rings is 1. The van der Waals surface area contributed by atoms with E-state index in [2.05, 4.69) is 0 Å². The fourth-order valence-electron chi connectivity index (χ4n) is 2.63. The molecule has 0 spiro atoms. The molecule has 0 bridgehead atoms. The van der Waals surface area contributed by atoms with Gasteiger partial charge in [-0.1, -0.05) is 6.07 Å². The molecule has 0 unspecified atom stereocenters. The minimum atomic E-state index is -3.39. The van der Waals surface area contributed by atoms with Gasteiger partial charge in [-0.15, -0.1) is 0 Å². The summed E-state index contributed by atoms with van der Waals surface area (Å²) in [5, 5.41) is 8.24. The van der Waals surface area contributed by atoms with Gasteiger partial charge in [0.25, 0.3) is 0 Å². The zero-order valence-electron chi connectivity index (χ0n) is 10.1. The highest BCUT2D eigenvalue weighted by molar-refractivity contribution is 7.91. The van der Waals surface area contributed by atoms with E-state index in [4.69, 9.17) is 14.6 Å². The van der Waals surface area contributed by atoms with E-state index >= 15 is 0 Å². The Labute approximate surface area is 109 Å². The molecule has 0 amide bonds. The average Bonchev–Trinajstić information content (AvgIpc) is 2.93. The van der Waals surface area contributed by atoms with E-state index in [1.54, 1.807) is 18.2 Å². The van der Waals surface area contributed by atoms with E-state index < -0.39 is 32.9 Å². The van der Waals surface area contributed by atoms with Gasteiger partial charge in [0.2, 0.25) is 6.79 Å². The van der Waals surface area contributed by atoms with Gasteiger partial charge in [-0.25, -0.2) is 8.42 Å². The second-order valence-corrected chi connectivity index (χ2v) is 7.00. The van der Waals surface area contributed by atoms with Crippen molar-refractivity contribution in [2.24, 2.45) is 5.92 Å². The second kappa shape index (κ2) is 3.86. The van der Waals surface area contributed by atoms with Gasteiger partial charge in [0.15, 0.2) is 21.3 Å². The van der Waals surface area contributed by atoms with Crippen LogP contribution in [0, 0.1) is 5.92 Å². The van der Waals surface area contributed by atoms with E-state index in [0.717, 1.165) is 6.26 Å². The van der Waals surface area contributed by atoms with Gasteiger partial charge in [0.05, 0.1) is 11.2 Å². The predicted octanol–water partition coefficient (Wildman–Crippen LogP) is 0.626. The Hall–Kier alpha value is -1.76. The smallest absolute Gasteiger partial charge is 0.308 e. The van der Waals surface area contributed by atoms with Crippen LogP contribution in [0.4, 0.5) is 0 Å². The Kier molecular flexibility index (Phi) is 2.50. The number of aliphatic carboxylic acids is 1. The van der Waals surface area contributed by atoms with Crippen LogP contribution in [-0.4, -0.2) is 37.8 Å². The Morgan fingerprint density at radius 3 is 2.58 bits per heavy atom. The highest BCUT2D eigenvalue weighted by atomic mass is 32.2. The molecule has 1 saturated carbocycles. The molecule has 7 heteroatoms. The fraction of sp³-hybridized carbons (Fsp3) is 0.417. The molecule has 1 fully saturated rings. The maximum Gasteiger partial charge on any atom is 0.308 e. The Bertz CT molecular complexity index is 650. The molecule has 3 rings (SSSR count). The zero-order valence-corrected chi connectivity index (χ0v) is 10.9. The summed E-state index contributed by atoms with van der Waals surface area (Å²) in [5.41, 5.74) is 0.659. The van der Waals surface area contributed by atoms with Crippen molar-refractivity contribution in [3.05, 3.63) is 23.8 Å². The molecule has 1 aliphatic heterocycles. The molecule has 1 N–H and O–H groups in total. The third kappa shape index (κ3) is 1.94. The minimum absolute atomic E-state index is 0.126. The lowest BCUT2D eigenvalue weighted by atomic mass is 10.1. The van der Waals surface area contributed by atoms with E-state index in [1.807, 2.05) is 0 Å². The van der Waals surface area contributed by atoms with Crippen molar-refractivity contribution in [2.45, 2.75) is 11.2 Å². The van der Waals surface area contributed by atoms with Crippen molar-refractivity contribution in [2.75, 3.05) is 13.0 Å². The number of carboxylic acid groups (broad SMARTS) is 1. The lowest BCUT2D eigenvalue weighted by Gasteiger charge is -2.01. The van der Waals surface area contributed by atoms with Crippen LogP contribution in [0.3, 0.4) is 0 Å². The molecule has 2 aliphatic rings. The predicted molar refractivity (Wildman–Crippen MR) is 65.1 cm³/mol. The lowest BCUT2D eigenvalue weighted by molar-refractivity contribution is -0.138. The Morgan fingerprint density at radius 2 is 2.00 bits per heavy atom. The number of ether oxygens (including phenoxy) is 2. The van der Waals surface area contributed by atoms with E-state index in [9.17, 15) is 13.2 Å². The fourth-order valence-corrected chi connectivity index (χ4v) is 4.21. The zero-order chi connectivity index (χ0) is 13.8. The summed E-state index contributed by atoms with van der Waals surface area (Å²) in [4.78, 5) is 11.1. The topological polar surface area (TPSA) is 89.9 Å². The summed E-state index contributed by atoms with van der Waals surface area (Å²) in [6.07, 6.45) is 1.07. The SMILES string of the molecule is CS(=O)(=O)[C@@H]1[C@@H](C(=O)O)[C@@H]1c1ccc2c(c1)OCO2. The third-order valence-corrected chi connectivity index (χ3v) is 5.09. The maximum absolute atomic E-state index is 11.6. The van der Waals surface area contributed by atoms with E-state index in [-0.39, 0.29) is 6.79 Å². The summed E-state index contributed by atoms with van der Waals surface area (Å²) >= 11 is 0. The van der Waals surface area contributed by atoms with Gasteiger partial charge in [0.1, 0.15) is 0 Å². The molecule has 1 aromatic carbocycles. The quantitative estimate of drug-likeness (QED) is 0.875. The van der Waals surface area contributed by atoms with Crippen LogP contribution in [0.5, 0.6) is 11.5 Å². The minimum Gasteiger partial charge on any atom is -0.481 e. The van der Waals surface area contributed by atoms with Crippen LogP contribution in [0.1, 0.15) is 11.5 Å². The standard InChI is InChI=1S/C12H12O6S/c1-19(15,16)11-9(10(11)12(13)14)6-2-3-7-8(4-6)18-5-17-7/h2-4,9-11H,5H2,1H3,(H,13,14)/t9-,10-,11-/m0/s1. The number of rotatable bonds is 3. The van der Waals surface area contributed by atoms with Gasteiger partial charge in [0, 0.05) is 12.2 Å². The lowest BCUT2D eigenvalue weighted by Crippen LogP contribution is -2.10. The number of fused-ring (bicyclic) bond motifs is 1. The molecule has 102 valence electrons. The summed E-state index contributed by atoms with van der Waals surface area (Å²) in [5.74, 6) is -1.36. The van der Waals surface area contributed by atoms with Gasteiger partial charge in [-0.05, 0) is 17.7 Å². The van der Waals surface area contributed by atoms with Crippen LogP contribution < -0.4 is 9.47 Å². The van der Waals surface area contributed by atoms with Gasteiger partial charge < -0.3 is 14.6 Å². The van der Waals surface area contributed by atoms with Crippen molar-refractivity contribution < 1.29 is 27.8 Å². The van der Waals surface area contributed by atoms with Crippen molar-refractivity contribution in [3.8, 4) is 11.5 Å². The van der Waals surface area contributed by atoms with E-state index in [1.165, 1.54) is 0 Å². The second-order valence-electron chi connectivity index (χ2n) is 4.80. The van der Waals surface area contributed by atoms with Crippen LogP contribution in [0.25, 0.3) is 0 Å².